The van der Waals surface area contributed by atoms with E-state index in [4.69, 9.17) is 11.6 Å². The minimum atomic E-state index is -0.719. The van der Waals surface area contributed by atoms with Crippen molar-refractivity contribution in [3.8, 4) is 0 Å². The summed E-state index contributed by atoms with van der Waals surface area (Å²) in [5.41, 5.74) is 0.457. The molecule has 23 heavy (non-hydrogen) atoms. The first-order valence-electron chi connectivity index (χ1n) is 6.89. The minimum Gasteiger partial charge on any atom is -0.469 e. The third kappa shape index (κ3) is 4.29. The van der Waals surface area contributed by atoms with Gasteiger partial charge in [-0.15, -0.1) is 0 Å². The Morgan fingerprint density at radius 2 is 1.83 bits per heavy atom. The van der Waals surface area contributed by atoms with E-state index in [2.05, 4.69) is 10.1 Å². The molecule has 0 aliphatic heterocycles. The second kappa shape index (κ2) is 7.74. The predicted octanol–water partition coefficient (Wildman–Crippen LogP) is 3.51. The van der Waals surface area contributed by atoms with E-state index in [9.17, 15) is 14.0 Å². The number of carbonyl (C=O) groups is 2. The Morgan fingerprint density at radius 3 is 2.48 bits per heavy atom. The van der Waals surface area contributed by atoms with Crippen molar-refractivity contribution in [2.75, 3.05) is 7.11 Å². The third-order valence-corrected chi connectivity index (χ3v) is 3.65. The fraction of sp³-hybridized carbons (Fsp3) is 0.176. The van der Waals surface area contributed by atoms with Gasteiger partial charge < -0.3 is 10.1 Å². The number of nitrogens with one attached hydrogen (secondary N) is 1. The fourth-order valence-electron chi connectivity index (χ4n) is 2.13. The molecule has 1 amide bonds. The van der Waals surface area contributed by atoms with Gasteiger partial charge in [0.25, 0.3) is 5.91 Å². The summed E-state index contributed by atoms with van der Waals surface area (Å²) in [6, 6.07) is 11.7. The molecule has 6 heteroatoms. The highest BCUT2D eigenvalue weighted by atomic mass is 35.5. The van der Waals surface area contributed by atoms with Crippen LogP contribution in [0.4, 0.5) is 4.39 Å². The molecule has 0 aromatic heterocycles. The maximum absolute atomic E-state index is 13.7. The van der Waals surface area contributed by atoms with Crippen molar-refractivity contribution in [2.24, 2.45) is 0 Å². The van der Waals surface area contributed by atoms with Gasteiger partial charge in [0.1, 0.15) is 5.82 Å². The Bertz CT molecular complexity index is 720. The molecule has 4 nitrogen and oxygen atoms in total. The van der Waals surface area contributed by atoms with Crippen molar-refractivity contribution in [1.82, 2.24) is 5.32 Å². The summed E-state index contributed by atoms with van der Waals surface area (Å²) >= 11 is 6.13. The molecule has 120 valence electrons. The second-order valence-electron chi connectivity index (χ2n) is 4.81. The van der Waals surface area contributed by atoms with E-state index in [1.54, 1.807) is 30.3 Å². The molecule has 0 spiro atoms. The SMILES string of the molecule is COC(=O)C[C@@H](NC(=O)c1ccccc1F)c1ccccc1Cl. The Labute approximate surface area is 138 Å². The first-order chi connectivity index (χ1) is 11.0. The number of methoxy groups -OCH3 is 1. The average molecular weight is 336 g/mol. The van der Waals surface area contributed by atoms with Gasteiger partial charge in [-0.3, -0.25) is 9.59 Å². The van der Waals surface area contributed by atoms with Gasteiger partial charge >= 0.3 is 5.97 Å². The van der Waals surface area contributed by atoms with Gasteiger partial charge in [0.05, 0.1) is 25.1 Å². The molecular formula is C17H15ClFNO3. The molecule has 0 unspecified atom stereocenters. The molecule has 0 saturated heterocycles. The Hall–Kier alpha value is -2.40. The van der Waals surface area contributed by atoms with Gasteiger partial charge in [-0.25, -0.2) is 4.39 Å². The summed E-state index contributed by atoms with van der Waals surface area (Å²) in [5, 5.41) is 3.03. The van der Waals surface area contributed by atoms with Crippen LogP contribution in [0.1, 0.15) is 28.4 Å². The van der Waals surface area contributed by atoms with Crippen molar-refractivity contribution in [3.05, 3.63) is 70.5 Å². The van der Waals surface area contributed by atoms with E-state index in [0.29, 0.717) is 10.6 Å². The van der Waals surface area contributed by atoms with Crippen molar-refractivity contribution in [1.29, 1.82) is 0 Å². The molecule has 2 rings (SSSR count). The van der Waals surface area contributed by atoms with Gasteiger partial charge in [-0.05, 0) is 23.8 Å². The molecule has 2 aromatic carbocycles. The van der Waals surface area contributed by atoms with Gasteiger partial charge in [0.2, 0.25) is 0 Å². The molecule has 2 aromatic rings. The lowest BCUT2D eigenvalue weighted by atomic mass is 10.0. The topological polar surface area (TPSA) is 55.4 Å². The average Bonchev–Trinajstić information content (AvgIpc) is 2.55. The number of ether oxygens (including phenoxy) is 1. The molecule has 0 fully saturated rings. The van der Waals surface area contributed by atoms with Crippen LogP contribution in [-0.4, -0.2) is 19.0 Å². The molecule has 0 saturated carbocycles. The van der Waals surface area contributed by atoms with Crippen LogP contribution in [0.5, 0.6) is 0 Å². The lowest BCUT2D eigenvalue weighted by Crippen LogP contribution is -2.31. The van der Waals surface area contributed by atoms with Gasteiger partial charge in [0.15, 0.2) is 0 Å². The number of carbonyl (C=O) groups excluding carboxylic acids is 2. The van der Waals surface area contributed by atoms with E-state index in [0.717, 1.165) is 0 Å². The standard InChI is InChI=1S/C17H15ClFNO3/c1-23-16(21)10-15(11-6-2-4-8-13(11)18)20-17(22)12-7-3-5-9-14(12)19/h2-9,15H,10H2,1H3,(H,20,22)/t15-/m1/s1. The molecule has 0 aliphatic carbocycles. The van der Waals surface area contributed by atoms with Crippen LogP contribution in [0.25, 0.3) is 0 Å². The van der Waals surface area contributed by atoms with E-state index in [1.807, 2.05) is 0 Å². The van der Waals surface area contributed by atoms with Crippen LogP contribution in [0.15, 0.2) is 48.5 Å². The first kappa shape index (κ1) is 17.0. The first-order valence-corrected chi connectivity index (χ1v) is 7.27. The molecule has 0 bridgehead atoms. The van der Waals surface area contributed by atoms with Gasteiger partial charge in [0, 0.05) is 5.02 Å². The van der Waals surface area contributed by atoms with Crippen LogP contribution in [0.2, 0.25) is 5.02 Å². The molecule has 1 atom stereocenters. The summed E-state index contributed by atoms with van der Waals surface area (Å²) in [5.74, 6) is -1.78. The highest BCUT2D eigenvalue weighted by Gasteiger charge is 2.22. The Kier molecular flexibility index (Phi) is 5.71. The van der Waals surface area contributed by atoms with E-state index >= 15 is 0 Å². The number of benzene rings is 2. The van der Waals surface area contributed by atoms with Crippen molar-refractivity contribution >= 4 is 23.5 Å². The van der Waals surface area contributed by atoms with Crippen molar-refractivity contribution in [3.63, 3.8) is 0 Å². The molecule has 1 N–H and O–H groups in total. The van der Waals surface area contributed by atoms with Crippen LogP contribution in [0.3, 0.4) is 0 Å². The third-order valence-electron chi connectivity index (χ3n) is 3.30. The molecule has 0 heterocycles. The van der Waals surface area contributed by atoms with Crippen LogP contribution in [-0.2, 0) is 9.53 Å². The van der Waals surface area contributed by atoms with Gasteiger partial charge in [-0.1, -0.05) is 41.9 Å². The van der Waals surface area contributed by atoms with Crippen LogP contribution in [0, 0.1) is 5.82 Å². The van der Waals surface area contributed by atoms with E-state index < -0.39 is 23.7 Å². The fourth-order valence-corrected chi connectivity index (χ4v) is 2.40. The quantitative estimate of drug-likeness (QED) is 0.851. The zero-order chi connectivity index (χ0) is 16.8. The van der Waals surface area contributed by atoms with E-state index in [1.165, 1.54) is 25.3 Å². The number of rotatable bonds is 5. The summed E-state index contributed by atoms with van der Waals surface area (Å²) < 4.78 is 18.4. The number of hydrogen-bond acceptors (Lipinski definition) is 3. The summed E-state index contributed by atoms with van der Waals surface area (Å²) in [7, 11) is 1.25. The molecule has 0 aliphatic rings. The largest absolute Gasteiger partial charge is 0.469 e. The summed E-state index contributed by atoms with van der Waals surface area (Å²) in [4.78, 5) is 23.9. The Balaban J connectivity index is 2.28. The lowest BCUT2D eigenvalue weighted by molar-refractivity contribution is -0.141. The Morgan fingerprint density at radius 1 is 1.17 bits per heavy atom. The number of halogens is 2. The summed E-state index contributed by atoms with van der Waals surface area (Å²) in [6.45, 7) is 0. The maximum atomic E-state index is 13.7. The number of esters is 1. The highest BCUT2D eigenvalue weighted by molar-refractivity contribution is 6.31. The van der Waals surface area contributed by atoms with Crippen LogP contribution >= 0.6 is 11.6 Å². The predicted molar refractivity (Wildman–Crippen MR) is 84.7 cm³/mol. The summed E-state index contributed by atoms with van der Waals surface area (Å²) in [6.07, 6.45) is -0.111. The highest BCUT2D eigenvalue weighted by Crippen LogP contribution is 2.26. The smallest absolute Gasteiger partial charge is 0.307 e. The van der Waals surface area contributed by atoms with Crippen molar-refractivity contribution in [2.45, 2.75) is 12.5 Å². The number of hydrogen-bond donors (Lipinski definition) is 1. The van der Waals surface area contributed by atoms with Crippen molar-refractivity contribution < 1.29 is 18.7 Å². The zero-order valence-electron chi connectivity index (χ0n) is 12.4. The molecular weight excluding hydrogens is 321 g/mol. The monoisotopic (exact) mass is 335 g/mol. The minimum absolute atomic E-state index is 0.102. The number of amides is 1. The van der Waals surface area contributed by atoms with Crippen LogP contribution < -0.4 is 5.32 Å². The zero-order valence-corrected chi connectivity index (χ0v) is 13.1. The van der Waals surface area contributed by atoms with Gasteiger partial charge in [-0.2, -0.15) is 0 Å². The maximum Gasteiger partial charge on any atom is 0.307 e. The van der Waals surface area contributed by atoms with E-state index in [-0.39, 0.29) is 12.0 Å². The second-order valence-corrected chi connectivity index (χ2v) is 5.21. The molecule has 0 radical (unpaired) electrons. The normalized spacial score (nSPS) is 11.6. The lowest BCUT2D eigenvalue weighted by Gasteiger charge is -2.19.